The topological polar surface area (TPSA) is 48.0 Å². The fraction of sp³-hybridized carbons (Fsp3) is 0.290. The maximum absolute atomic E-state index is 14.8. The van der Waals surface area contributed by atoms with Crippen molar-refractivity contribution in [3.63, 3.8) is 0 Å². The number of aryl methyl sites for hydroxylation is 3. The predicted molar refractivity (Wildman–Crippen MR) is 142 cm³/mol. The minimum absolute atomic E-state index is 0.156. The fourth-order valence-corrected chi connectivity index (χ4v) is 5.38. The van der Waals surface area contributed by atoms with Gasteiger partial charge in [-0.1, -0.05) is 49.1 Å². The molecule has 0 radical (unpaired) electrons. The first kappa shape index (κ1) is 23.2. The molecule has 3 aromatic carbocycles. The number of anilines is 1. The van der Waals surface area contributed by atoms with Crippen molar-refractivity contribution in [3.05, 3.63) is 87.9 Å². The molecule has 4 aromatic rings. The van der Waals surface area contributed by atoms with Gasteiger partial charge in [-0.15, -0.1) is 0 Å². The van der Waals surface area contributed by atoms with E-state index in [4.69, 9.17) is 0 Å². The molecule has 1 aliphatic heterocycles. The van der Waals surface area contributed by atoms with Gasteiger partial charge < -0.3 is 15.4 Å². The van der Waals surface area contributed by atoms with E-state index in [2.05, 4.69) is 60.3 Å². The SMILES string of the molecule is Cc1cccc(C#Cc2c(-c3cccc4c(C)c[nH]c34)cc(C)c3c2[C@@H](C)[C@H](O)C(C)(C)N3)c1F. The van der Waals surface area contributed by atoms with Gasteiger partial charge in [0.05, 0.1) is 22.7 Å². The van der Waals surface area contributed by atoms with E-state index >= 15 is 0 Å². The molecule has 178 valence electrons. The van der Waals surface area contributed by atoms with E-state index < -0.39 is 11.6 Å². The van der Waals surface area contributed by atoms with Crippen LogP contribution in [-0.4, -0.2) is 21.7 Å². The molecule has 1 aromatic heterocycles. The standard InChI is InChI=1S/C31H31FN2O/c1-17-9-7-10-21(27(17)32)13-14-23-25(24-12-8-11-22-19(3)16-33-29(22)24)15-18(2)28-26(23)20(4)30(35)31(5,6)34-28/h7-12,15-16,20,30,33-35H,1-6H3/t20-,30+/m1/s1. The Kier molecular flexibility index (Phi) is 5.49. The van der Waals surface area contributed by atoms with E-state index in [0.717, 1.165) is 44.4 Å². The van der Waals surface area contributed by atoms with Gasteiger partial charge in [-0.2, -0.15) is 0 Å². The molecule has 0 unspecified atom stereocenters. The van der Waals surface area contributed by atoms with Gasteiger partial charge in [0.15, 0.2) is 0 Å². The van der Waals surface area contributed by atoms with E-state index in [-0.39, 0.29) is 11.7 Å². The van der Waals surface area contributed by atoms with Crippen LogP contribution in [0.5, 0.6) is 0 Å². The zero-order chi connectivity index (χ0) is 25.1. The minimum Gasteiger partial charge on any atom is -0.390 e. The van der Waals surface area contributed by atoms with Crippen molar-refractivity contribution >= 4 is 16.6 Å². The molecular formula is C31H31FN2O. The van der Waals surface area contributed by atoms with E-state index in [1.807, 2.05) is 33.0 Å². The fourth-order valence-electron chi connectivity index (χ4n) is 5.38. The highest BCUT2D eigenvalue weighted by Crippen LogP contribution is 2.46. The smallest absolute Gasteiger partial charge is 0.141 e. The van der Waals surface area contributed by atoms with Crippen molar-refractivity contribution in [1.82, 2.24) is 4.98 Å². The van der Waals surface area contributed by atoms with E-state index in [1.54, 1.807) is 19.1 Å². The highest BCUT2D eigenvalue weighted by atomic mass is 19.1. The Morgan fingerprint density at radius 3 is 2.46 bits per heavy atom. The van der Waals surface area contributed by atoms with Gasteiger partial charge in [0, 0.05) is 39.9 Å². The Balaban J connectivity index is 1.84. The summed E-state index contributed by atoms with van der Waals surface area (Å²) in [5, 5.41) is 15.9. The summed E-state index contributed by atoms with van der Waals surface area (Å²) in [6, 6.07) is 13.7. The van der Waals surface area contributed by atoms with Gasteiger partial charge in [-0.3, -0.25) is 0 Å². The van der Waals surface area contributed by atoms with Crippen LogP contribution >= 0.6 is 0 Å². The zero-order valence-electron chi connectivity index (χ0n) is 21.1. The Bertz CT molecular complexity index is 1530. The number of aromatic amines is 1. The molecule has 3 nitrogen and oxygen atoms in total. The highest BCUT2D eigenvalue weighted by molar-refractivity contribution is 5.98. The molecule has 2 atom stereocenters. The summed E-state index contributed by atoms with van der Waals surface area (Å²) >= 11 is 0. The third-order valence-corrected chi connectivity index (χ3v) is 7.41. The second-order valence-electron chi connectivity index (χ2n) is 10.4. The van der Waals surface area contributed by atoms with Crippen LogP contribution in [-0.2, 0) is 0 Å². The molecule has 0 saturated heterocycles. The number of halogens is 1. The van der Waals surface area contributed by atoms with Crippen LogP contribution in [0, 0.1) is 38.4 Å². The van der Waals surface area contributed by atoms with Crippen LogP contribution in [0.3, 0.4) is 0 Å². The normalized spacial score (nSPS) is 18.5. The summed E-state index contributed by atoms with van der Waals surface area (Å²) in [4.78, 5) is 3.43. The Labute approximate surface area is 206 Å². The highest BCUT2D eigenvalue weighted by Gasteiger charge is 2.40. The first-order valence-electron chi connectivity index (χ1n) is 12.1. The number of aromatic nitrogens is 1. The maximum Gasteiger partial charge on any atom is 0.141 e. The van der Waals surface area contributed by atoms with Crippen LogP contribution in [0.2, 0.25) is 0 Å². The first-order valence-corrected chi connectivity index (χ1v) is 12.1. The second-order valence-corrected chi connectivity index (χ2v) is 10.4. The lowest BCUT2D eigenvalue weighted by Crippen LogP contribution is -2.50. The number of hydrogen-bond acceptors (Lipinski definition) is 2. The number of aliphatic hydroxyl groups is 1. The van der Waals surface area contributed by atoms with Crippen molar-refractivity contribution in [2.24, 2.45) is 0 Å². The van der Waals surface area contributed by atoms with Crippen molar-refractivity contribution < 1.29 is 9.50 Å². The van der Waals surface area contributed by atoms with Crippen LogP contribution in [0.1, 0.15) is 60.1 Å². The summed E-state index contributed by atoms with van der Waals surface area (Å²) in [6.45, 7) is 12.0. The van der Waals surface area contributed by atoms with E-state index in [1.165, 1.54) is 5.56 Å². The zero-order valence-corrected chi connectivity index (χ0v) is 21.1. The average Bonchev–Trinajstić information content (AvgIpc) is 3.20. The molecule has 0 aliphatic carbocycles. The Hall–Kier alpha value is -3.55. The van der Waals surface area contributed by atoms with E-state index in [9.17, 15) is 9.50 Å². The molecule has 3 N–H and O–H groups in total. The quantitative estimate of drug-likeness (QED) is 0.265. The average molecular weight is 467 g/mol. The number of hydrogen-bond donors (Lipinski definition) is 3. The minimum atomic E-state index is -0.607. The number of benzene rings is 3. The number of rotatable bonds is 1. The summed E-state index contributed by atoms with van der Waals surface area (Å²) in [5.74, 6) is 6.01. The second kappa shape index (κ2) is 8.29. The van der Waals surface area contributed by atoms with Crippen LogP contribution in [0.25, 0.3) is 22.0 Å². The van der Waals surface area contributed by atoms with Crippen molar-refractivity contribution in [2.45, 2.75) is 59.1 Å². The van der Waals surface area contributed by atoms with Crippen molar-refractivity contribution in [2.75, 3.05) is 5.32 Å². The molecule has 0 bridgehead atoms. The monoisotopic (exact) mass is 466 g/mol. The third-order valence-electron chi connectivity index (χ3n) is 7.41. The Morgan fingerprint density at radius 1 is 0.943 bits per heavy atom. The molecule has 0 fully saturated rings. The number of aliphatic hydroxyl groups excluding tert-OH is 1. The summed E-state index contributed by atoms with van der Waals surface area (Å²) in [7, 11) is 0. The number of fused-ring (bicyclic) bond motifs is 2. The van der Waals surface area contributed by atoms with Gasteiger partial charge in [-0.25, -0.2) is 4.39 Å². The molecule has 0 spiro atoms. The predicted octanol–water partition coefficient (Wildman–Crippen LogP) is 6.97. The summed E-state index contributed by atoms with van der Waals surface area (Å²) in [6.07, 6.45) is 1.41. The van der Waals surface area contributed by atoms with Crippen LogP contribution < -0.4 is 5.32 Å². The molecule has 4 heteroatoms. The van der Waals surface area contributed by atoms with Gasteiger partial charge in [0.1, 0.15) is 5.82 Å². The molecular weight excluding hydrogens is 435 g/mol. The third kappa shape index (κ3) is 3.72. The summed E-state index contributed by atoms with van der Waals surface area (Å²) < 4.78 is 14.8. The number of H-pyrrole nitrogens is 1. The van der Waals surface area contributed by atoms with Crippen molar-refractivity contribution in [3.8, 4) is 23.0 Å². The molecule has 5 rings (SSSR count). The number of para-hydroxylation sites is 1. The van der Waals surface area contributed by atoms with Gasteiger partial charge in [-0.05, 0) is 69.0 Å². The molecule has 2 heterocycles. The van der Waals surface area contributed by atoms with Crippen molar-refractivity contribution in [1.29, 1.82) is 0 Å². The van der Waals surface area contributed by atoms with Gasteiger partial charge >= 0.3 is 0 Å². The maximum atomic E-state index is 14.8. The molecule has 0 saturated carbocycles. The first-order chi connectivity index (χ1) is 16.6. The van der Waals surface area contributed by atoms with E-state index in [0.29, 0.717) is 11.1 Å². The molecule has 0 amide bonds. The van der Waals surface area contributed by atoms with Gasteiger partial charge in [0.25, 0.3) is 0 Å². The summed E-state index contributed by atoms with van der Waals surface area (Å²) in [5.41, 5.74) is 8.60. The molecule has 1 aliphatic rings. The lowest BCUT2D eigenvalue weighted by Gasteiger charge is -2.43. The van der Waals surface area contributed by atoms with Crippen LogP contribution in [0.4, 0.5) is 10.1 Å². The number of nitrogens with one attached hydrogen (secondary N) is 2. The van der Waals surface area contributed by atoms with Crippen LogP contribution in [0.15, 0.2) is 48.7 Å². The molecule has 35 heavy (non-hydrogen) atoms. The largest absolute Gasteiger partial charge is 0.390 e. The lowest BCUT2D eigenvalue weighted by atomic mass is 9.75. The lowest BCUT2D eigenvalue weighted by molar-refractivity contribution is 0.0868. The Morgan fingerprint density at radius 2 is 1.69 bits per heavy atom. The van der Waals surface area contributed by atoms with Gasteiger partial charge in [0.2, 0.25) is 0 Å².